The maximum Gasteiger partial charge on any atom is 0.276 e. The minimum absolute atomic E-state index is 0.247. The van der Waals surface area contributed by atoms with E-state index < -0.39 is 23.6 Å². The monoisotopic (exact) mass is 505 g/mol. The topological polar surface area (TPSA) is 78.0 Å². The number of imide groups is 2. The number of carbonyl (C=O) groups is 4. The summed E-state index contributed by atoms with van der Waals surface area (Å²) in [7, 11) is 0. The predicted molar refractivity (Wildman–Crippen MR) is 134 cm³/mol. The molecule has 1 saturated heterocycles. The molecule has 9 heteroatoms. The lowest BCUT2D eigenvalue weighted by Gasteiger charge is -2.36. The number of hydrogen-bond donors (Lipinski definition) is 1. The molecule has 0 aromatic heterocycles. The van der Waals surface area contributed by atoms with Crippen molar-refractivity contribution in [1.29, 1.82) is 0 Å². The zero-order valence-electron chi connectivity index (χ0n) is 18.6. The normalized spacial score (nSPS) is 18.5. The number of benzene rings is 3. The Balaban J connectivity index is 1.52. The second-order valence-electron chi connectivity index (χ2n) is 8.94. The van der Waals surface area contributed by atoms with E-state index in [1.54, 1.807) is 36.4 Å². The van der Waals surface area contributed by atoms with Crippen LogP contribution in [0.25, 0.3) is 10.8 Å². The van der Waals surface area contributed by atoms with E-state index in [2.05, 4.69) is 12.6 Å². The van der Waals surface area contributed by atoms with Gasteiger partial charge in [-0.3, -0.25) is 19.2 Å². The molecular weight excluding hydrogens is 486 g/mol. The number of hydrogen-bond acceptors (Lipinski definition) is 6. The third kappa shape index (κ3) is 3.24. The summed E-state index contributed by atoms with van der Waals surface area (Å²) in [6.45, 7) is 1.26. The minimum Gasteiger partial charge on any atom is -0.268 e. The Bertz CT molecular complexity index is 1410. The zero-order valence-corrected chi connectivity index (χ0v) is 20.2. The number of amides is 4. The number of halogens is 1. The van der Waals surface area contributed by atoms with Gasteiger partial charge in [-0.25, -0.2) is 14.9 Å². The van der Waals surface area contributed by atoms with E-state index in [0.29, 0.717) is 44.9 Å². The molecule has 0 saturated carbocycles. The molecule has 7 nitrogen and oxygen atoms in total. The molecule has 1 fully saturated rings. The second-order valence-corrected chi connectivity index (χ2v) is 9.86. The molecule has 35 heavy (non-hydrogen) atoms. The van der Waals surface area contributed by atoms with Gasteiger partial charge in [0.15, 0.2) is 0 Å². The van der Waals surface area contributed by atoms with Gasteiger partial charge in [0.05, 0.1) is 16.8 Å². The van der Waals surface area contributed by atoms with Crippen molar-refractivity contribution in [2.45, 2.75) is 30.6 Å². The van der Waals surface area contributed by atoms with Crippen molar-refractivity contribution in [2.24, 2.45) is 0 Å². The third-order valence-electron chi connectivity index (χ3n) is 6.92. The van der Waals surface area contributed by atoms with Gasteiger partial charge in [-0.05, 0) is 55.3 Å². The van der Waals surface area contributed by atoms with Gasteiger partial charge in [0, 0.05) is 44.9 Å². The van der Waals surface area contributed by atoms with Crippen LogP contribution in [-0.2, 0) is 0 Å². The van der Waals surface area contributed by atoms with Crippen LogP contribution in [0.4, 0.5) is 5.69 Å². The second kappa shape index (κ2) is 8.19. The lowest BCUT2D eigenvalue weighted by Crippen LogP contribution is -2.52. The van der Waals surface area contributed by atoms with E-state index in [9.17, 15) is 19.2 Å². The lowest BCUT2D eigenvalue weighted by atomic mass is 9.86. The molecule has 0 spiro atoms. The summed E-state index contributed by atoms with van der Waals surface area (Å²) in [6, 6.07) is 11.0. The maximum absolute atomic E-state index is 13.6. The van der Waals surface area contributed by atoms with E-state index in [1.807, 2.05) is 5.01 Å². The summed E-state index contributed by atoms with van der Waals surface area (Å²) < 4.78 is 0. The van der Waals surface area contributed by atoms with Crippen molar-refractivity contribution in [3.8, 4) is 0 Å². The Hall–Kier alpha value is -3.20. The van der Waals surface area contributed by atoms with Gasteiger partial charge in [0.2, 0.25) is 0 Å². The summed E-state index contributed by atoms with van der Waals surface area (Å²) in [5.74, 6) is -1.97. The molecule has 0 atom stereocenters. The fraction of sp³-hybridized carbons (Fsp3) is 0.231. The molecular formula is C26H20ClN3O4S. The van der Waals surface area contributed by atoms with Crippen molar-refractivity contribution in [1.82, 2.24) is 10.0 Å². The Kier molecular flexibility index (Phi) is 5.21. The number of hydrazine groups is 1. The van der Waals surface area contributed by atoms with Gasteiger partial charge < -0.3 is 0 Å². The predicted octanol–water partition coefficient (Wildman–Crippen LogP) is 4.97. The Morgan fingerprint density at radius 1 is 0.657 bits per heavy atom. The first kappa shape index (κ1) is 22.3. The van der Waals surface area contributed by atoms with E-state index in [1.165, 1.54) is 11.1 Å². The largest absolute Gasteiger partial charge is 0.276 e. The van der Waals surface area contributed by atoms with Gasteiger partial charge in [0.1, 0.15) is 0 Å². The van der Waals surface area contributed by atoms with Gasteiger partial charge >= 0.3 is 0 Å². The number of thiol groups is 1. The molecule has 0 bridgehead atoms. The van der Waals surface area contributed by atoms with Crippen molar-refractivity contribution in [3.63, 3.8) is 0 Å². The van der Waals surface area contributed by atoms with Crippen LogP contribution in [0.15, 0.2) is 47.4 Å². The van der Waals surface area contributed by atoms with Crippen molar-refractivity contribution in [2.75, 3.05) is 18.0 Å². The Labute approximate surface area is 211 Å². The molecule has 3 aromatic rings. The molecule has 0 aliphatic carbocycles. The molecule has 0 unspecified atom stereocenters. The summed E-state index contributed by atoms with van der Waals surface area (Å²) in [5.41, 5.74) is 1.40. The number of rotatable bonds is 2. The molecule has 4 amide bonds. The minimum atomic E-state index is -0.557. The van der Waals surface area contributed by atoms with Crippen LogP contribution in [0.2, 0.25) is 5.02 Å². The van der Waals surface area contributed by atoms with Crippen LogP contribution in [-0.4, -0.2) is 46.7 Å². The first-order chi connectivity index (χ1) is 16.9. The van der Waals surface area contributed by atoms with Crippen LogP contribution in [0.5, 0.6) is 0 Å². The highest BCUT2D eigenvalue weighted by atomic mass is 35.5. The fourth-order valence-electron chi connectivity index (χ4n) is 5.27. The lowest BCUT2D eigenvalue weighted by molar-refractivity contribution is -0.00192. The van der Waals surface area contributed by atoms with Gasteiger partial charge in [-0.2, -0.15) is 0 Å². The smallest absolute Gasteiger partial charge is 0.268 e. The van der Waals surface area contributed by atoms with E-state index >= 15 is 0 Å². The van der Waals surface area contributed by atoms with Crippen LogP contribution < -0.4 is 4.90 Å². The summed E-state index contributed by atoms with van der Waals surface area (Å²) in [6.07, 6.45) is 3.94. The summed E-state index contributed by atoms with van der Waals surface area (Å²) >= 11 is 10.5. The summed E-state index contributed by atoms with van der Waals surface area (Å²) in [4.78, 5) is 55.7. The highest BCUT2D eigenvalue weighted by molar-refractivity contribution is 7.80. The highest BCUT2D eigenvalue weighted by Crippen LogP contribution is 2.40. The fourth-order valence-corrected chi connectivity index (χ4v) is 5.67. The summed E-state index contributed by atoms with van der Waals surface area (Å²) in [5, 5.41) is 4.12. The highest BCUT2D eigenvalue weighted by Gasteiger charge is 2.42. The first-order valence-electron chi connectivity index (χ1n) is 11.5. The Morgan fingerprint density at radius 2 is 1.14 bits per heavy atom. The average Bonchev–Trinajstić information content (AvgIpc) is 3.13. The number of carbonyl (C=O) groups excluding carboxylic acids is 4. The van der Waals surface area contributed by atoms with Gasteiger partial charge in [-0.15, -0.1) is 12.6 Å². The van der Waals surface area contributed by atoms with Gasteiger partial charge in [-0.1, -0.05) is 24.4 Å². The first-order valence-corrected chi connectivity index (χ1v) is 12.3. The van der Waals surface area contributed by atoms with E-state index in [4.69, 9.17) is 11.6 Å². The zero-order chi connectivity index (χ0) is 24.4. The van der Waals surface area contributed by atoms with Crippen LogP contribution in [0.1, 0.15) is 67.1 Å². The molecule has 6 rings (SSSR count). The number of nitrogens with zero attached hydrogens (tertiary/aromatic N) is 3. The molecule has 176 valence electrons. The van der Waals surface area contributed by atoms with Crippen molar-refractivity contribution < 1.29 is 19.2 Å². The third-order valence-corrected chi connectivity index (χ3v) is 7.53. The van der Waals surface area contributed by atoms with Crippen LogP contribution >= 0.6 is 24.2 Å². The standard InChI is InChI=1S/C26H20ClN3O4S/c27-14-5-10-20(35)19(13-14)29-23(31)15-6-8-17-22-18(9-7-16(21(15)22)24(29)32)26(34)30(25(17)33)28-11-3-1-2-4-12-28/h5-10,13,35H,1-4,11-12H2. The van der Waals surface area contributed by atoms with Crippen LogP contribution in [0.3, 0.4) is 0 Å². The maximum atomic E-state index is 13.6. The molecule has 0 radical (unpaired) electrons. The van der Waals surface area contributed by atoms with Crippen LogP contribution in [0, 0.1) is 0 Å². The molecule has 3 heterocycles. The number of anilines is 1. The van der Waals surface area contributed by atoms with Crippen molar-refractivity contribution in [3.05, 3.63) is 69.7 Å². The molecule has 3 aliphatic heterocycles. The van der Waals surface area contributed by atoms with E-state index in [0.717, 1.165) is 30.6 Å². The van der Waals surface area contributed by atoms with Gasteiger partial charge in [0.25, 0.3) is 23.6 Å². The van der Waals surface area contributed by atoms with Crippen molar-refractivity contribution >= 4 is 64.3 Å². The van der Waals surface area contributed by atoms with E-state index in [-0.39, 0.29) is 16.8 Å². The molecule has 3 aliphatic rings. The Morgan fingerprint density at radius 3 is 1.66 bits per heavy atom. The molecule has 3 aromatic carbocycles. The average molecular weight is 506 g/mol. The quantitative estimate of drug-likeness (QED) is 0.393. The molecule has 0 N–H and O–H groups in total. The SMILES string of the molecule is O=C1c2ccc3c4c(ccc(c24)C(=O)N1c1cc(Cl)ccc1S)C(=O)N(N1CCCCCC1)C3=O.